The van der Waals surface area contributed by atoms with Gasteiger partial charge in [-0.1, -0.05) is 12.1 Å². The minimum Gasteiger partial charge on any atom is -0.314 e. The molecule has 5 rings (SSSR count). The molecular weight excluding hydrogens is 420 g/mol. The van der Waals surface area contributed by atoms with Crippen molar-refractivity contribution in [2.75, 3.05) is 6.54 Å². The number of nitrogens with zero attached hydrogens (tertiary/aromatic N) is 7. The summed E-state index contributed by atoms with van der Waals surface area (Å²) in [5.41, 5.74) is -0.0131. The second-order valence-electron chi connectivity index (χ2n) is 7.95. The highest BCUT2D eigenvalue weighted by Gasteiger charge is 2.32. The second-order valence-corrected chi connectivity index (χ2v) is 7.95. The Labute approximate surface area is 180 Å². The molecule has 4 aromatic rings. The zero-order chi connectivity index (χ0) is 22.4. The summed E-state index contributed by atoms with van der Waals surface area (Å²) in [6.07, 6.45) is 2.17. The number of aryl methyl sites for hydroxylation is 1. The van der Waals surface area contributed by atoms with Gasteiger partial charge in [0.15, 0.2) is 5.82 Å². The highest BCUT2D eigenvalue weighted by atomic mass is 19.3. The fourth-order valence-electron chi connectivity index (χ4n) is 4.37. The molecule has 1 fully saturated rings. The third kappa shape index (κ3) is 3.38. The van der Waals surface area contributed by atoms with E-state index in [9.17, 15) is 18.4 Å². The predicted octanol–water partition coefficient (Wildman–Crippen LogP) is 1.74. The molecule has 1 aliphatic rings. The largest absolute Gasteiger partial charge is 0.314 e. The fraction of sp³-hybridized carbons (Fsp3) is 0.381. The van der Waals surface area contributed by atoms with Crippen molar-refractivity contribution in [3.05, 3.63) is 69.0 Å². The van der Waals surface area contributed by atoms with Crippen LogP contribution in [-0.2, 0) is 20.1 Å². The summed E-state index contributed by atoms with van der Waals surface area (Å²) in [4.78, 5) is 32.0. The molecule has 1 aliphatic heterocycles. The Morgan fingerprint density at radius 3 is 2.75 bits per heavy atom. The van der Waals surface area contributed by atoms with Crippen LogP contribution in [0.4, 0.5) is 8.78 Å². The quantitative estimate of drug-likeness (QED) is 0.469. The number of hydrogen-bond donors (Lipinski definition) is 0. The minimum absolute atomic E-state index is 0.221. The minimum atomic E-state index is -2.68. The molecule has 0 amide bonds. The van der Waals surface area contributed by atoms with Gasteiger partial charge in [-0.05, 0) is 31.5 Å². The average Bonchev–Trinajstić information content (AvgIpc) is 3.40. The van der Waals surface area contributed by atoms with Crippen LogP contribution >= 0.6 is 0 Å². The molecule has 0 aliphatic carbocycles. The molecule has 9 nitrogen and oxygen atoms in total. The van der Waals surface area contributed by atoms with E-state index in [4.69, 9.17) is 0 Å². The molecule has 0 spiro atoms. The van der Waals surface area contributed by atoms with Crippen LogP contribution in [0.15, 0.2) is 46.2 Å². The van der Waals surface area contributed by atoms with E-state index in [2.05, 4.69) is 15.2 Å². The van der Waals surface area contributed by atoms with Gasteiger partial charge in [0, 0.05) is 19.4 Å². The maximum absolute atomic E-state index is 13.4. The molecule has 11 heteroatoms. The number of para-hydroxylation sites is 1. The van der Waals surface area contributed by atoms with Crippen LogP contribution in [0.1, 0.15) is 30.5 Å². The normalized spacial score (nSPS) is 17.2. The highest BCUT2D eigenvalue weighted by Crippen LogP contribution is 2.32. The first-order chi connectivity index (χ1) is 15.4. The van der Waals surface area contributed by atoms with Crippen molar-refractivity contribution in [1.82, 2.24) is 33.6 Å². The predicted molar refractivity (Wildman–Crippen MR) is 113 cm³/mol. The number of likely N-dealkylation sites (tertiary alicyclic amines) is 1. The third-order valence-electron chi connectivity index (χ3n) is 5.94. The topological polar surface area (TPSA) is 90.3 Å². The van der Waals surface area contributed by atoms with E-state index >= 15 is 0 Å². The van der Waals surface area contributed by atoms with Crippen molar-refractivity contribution < 1.29 is 8.78 Å². The lowest BCUT2D eigenvalue weighted by molar-refractivity contribution is 0.120. The lowest BCUT2D eigenvalue weighted by Gasteiger charge is -2.26. The number of halogens is 2. The van der Waals surface area contributed by atoms with Gasteiger partial charge in [-0.2, -0.15) is 0 Å². The van der Waals surface area contributed by atoms with Gasteiger partial charge in [0.05, 0.1) is 30.0 Å². The van der Waals surface area contributed by atoms with Gasteiger partial charge in [-0.15, -0.1) is 10.2 Å². The van der Waals surface area contributed by atoms with Crippen LogP contribution in [0.2, 0.25) is 0 Å². The SMILES string of the molecule is Cn1ccn2c(CN3CCCC3c3nc4ccccc4c(=O)n3CC(F)F)nnc2c1=O. The first kappa shape index (κ1) is 20.4. The first-order valence-electron chi connectivity index (χ1n) is 10.3. The number of benzene rings is 1. The number of aromatic nitrogens is 6. The molecule has 0 N–H and O–H groups in total. The van der Waals surface area contributed by atoms with Crippen LogP contribution < -0.4 is 11.1 Å². The van der Waals surface area contributed by atoms with E-state index in [1.807, 2.05) is 4.90 Å². The van der Waals surface area contributed by atoms with Gasteiger partial charge in [0.1, 0.15) is 5.82 Å². The lowest BCUT2D eigenvalue weighted by Crippen LogP contribution is -2.34. The zero-order valence-corrected chi connectivity index (χ0v) is 17.4. The molecule has 1 unspecified atom stereocenters. The maximum Gasteiger partial charge on any atom is 0.295 e. The Kier molecular flexibility index (Phi) is 5.04. The number of fused-ring (bicyclic) bond motifs is 2. The Morgan fingerprint density at radius 2 is 1.94 bits per heavy atom. The Balaban J connectivity index is 1.57. The van der Waals surface area contributed by atoms with E-state index in [1.165, 1.54) is 4.57 Å². The van der Waals surface area contributed by atoms with Gasteiger partial charge in [-0.3, -0.25) is 23.5 Å². The summed E-state index contributed by atoms with van der Waals surface area (Å²) in [7, 11) is 1.64. The monoisotopic (exact) mass is 441 g/mol. The number of rotatable bonds is 5. The van der Waals surface area contributed by atoms with E-state index in [0.29, 0.717) is 42.1 Å². The van der Waals surface area contributed by atoms with Crippen molar-refractivity contribution in [2.24, 2.45) is 7.05 Å². The van der Waals surface area contributed by atoms with Crippen molar-refractivity contribution in [3.63, 3.8) is 0 Å². The Morgan fingerprint density at radius 1 is 1.12 bits per heavy atom. The van der Waals surface area contributed by atoms with E-state index in [0.717, 1.165) is 11.0 Å². The van der Waals surface area contributed by atoms with Gasteiger partial charge in [0.2, 0.25) is 5.65 Å². The first-order valence-corrected chi connectivity index (χ1v) is 10.3. The van der Waals surface area contributed by atoms with Crippen LogP contribution in [0.3, 0.4) is 0 Å². The Bertz CT molecular complexity index is 1430. The summed E-state index contributed by atoms with van der Waals surface area (Å²) in [6, 6.07) is 6.45. The molecule has 3 aromatic heterocycles. The lowest BCUT2D eigenvalue weighted by atomic mass is 10.1. The van der Waals surface area contributed by atoms with Crippen LogP contribution in [0.5, 0.6) is 0 Å². The van der Waals surface area contributed by atoms with Crippen molar-refractivity contribution >= 4 is 16.6 Å². The molecular formula is C21H21F2N7O2. The van der Waals surface area contributed by atoms with E-state index in [-0.39, 0.29) is 17.2 Å². The molecule has 1 aromatic carbocycles. The molecule has 0 radical (unpaired) electrons. The summed E-state index contributed by atoms with van der Waals surface area (Å²) in [5.74, 6) is 0.893. The fourth-order valence-corrected chi connectivity index (χ4v) is 4.37. The standard InChI is InChI=1S/C21H21F2N7O2/c1-27-9-10-29-17(25-26-19(29)21(27)32)12-28-8-4-7-15(28)18-24-14-6-3-2-5-13(14)20(31)30(18)11-16(22)23/h2-3,5-6,9-10,15-16H,4,7-8,11-12H2,1H3. The molecule has 0 saturated carbocycles. The van der Waals surface area contributed by atoms with Crippen molar-refractivity contribution in [2.45, 2.75) is 38.4 Å². The molecule has 1 atom stereocenters. The molecule has 166 valence electrons. The summed E-state index contributed by atoms with van der Waals surface area (Å²) in [6.45, 7) is 0.318. The van der Waals surface area contributed by atoms with Crippen molar-refractivity contribution in [3.8, 4) is 0 Å². The summed E-state index contributed by atoms with van der Waals surface area (Å²) >= 11 is 0. The summed E-state index contributed by atoms with van der Waals surface area (Å²) < 4.78 is 30.9. The van der Waals surface area contributed by atoms with Crippen LogP contribution in [-0.4, -0.2) is 46.6 Å². The van der Waals surface area contributed by atoms with E-state index in [1.54, 1.807) is 48.1 Å². The molecule has 1 saturated heterocycles. The summed E-state index contributed by atoms with van der Waals surface area (Å²) in [5, 5.41) is 8.51. The maximum atomic E-state index is 13.4. The van der Waals surface area contributed by atoms with Gasteiger partial charge >= 0.3 is 0 Å². The smallest absolute Gasteiger partial charge is 0.295 e. The highest BCUT2D eigenvalue weighted by molar-refractivity contribution is 5.77. The molecule has 4 heterocycles. The van der Waals surface area contributed by atoms with Gasteiger partial charge < -0.3 is 4.57 Å². The zero-order valence-electron chi connectivity index (χ0n) is 17.4. The van der Waals surface area contributed by atoms with E-state index < -0.39 is 18.5 Å². The van der Waals surface area contributed by atoms with Gasteiger partial charge in [0.25, 0.3) is 17.5 Å². The number of alkyl halides is 2. The van der Waals surface area contributed by atoms with Gasteiger partial charge in [-0.25, -0.2) is 13.8 Å². The molecule has 0 bridgehead atoms. The van der Waals surface area contributed by atoms with Crippen LogP contribution in [0, 0.1) is 0 Å². The molecule has 32 heavy (non-hydrogen) atoms. The number of hydrogen-bond acceptors (Lipinski definition) is 6. The average molecular weight is 441 g/mol. The second kappa shape index (κ2) is 7.90. The third-order valence-corrected chi connectivity index (χ3v) is 5.94. The van der Waals surface area contributed by atoms with Crippen LogP contribution in [0.25, 0.3) is 16.6 Å². The Hall–Kier alpha value is -3.47. The van der Waals surface area contributed by atoms with Crippen molar-refractivity contribution in [1.29, 1.82) is 0 Å².